The number of carbonyl (C=O) groups is 3. The predicted molar refractivity (Wildman–Crippen MR) is 168 cm³/mol. The molecule has 0 spiro atoms. The van der Waals surface area contributed by atoms with Crippen molar-refractivity contribution in [2.24, 2.45) is 50.2 Å². The van der Waals surface area contributed by atoms with Gasteiger partial charge >= 0.3 is 5.97 Å². The van der Waals surface area contributed by atoms with Crippen molar-refractivity contribution in [1.29, 1.82) is 0 Å². The van der Waals surface area contributed by atoms with E-state index < -0.39 is 48.8 Å². The molecule has 1 heterocycles. The summed E-state index contributed by atoms with van der Waals surface area (Å²) in [4.78, 5) is 40.4. The number of hydrogen-bond donors (Lipinski definition) is 3. The monoisotopic (exact) mass is 646 g/mol. The number of aliphatic hydroxyl groups excluding tert-OH is 3. The lowest BCUT2D eigenvalue weighted by Crippen LogP contribution is -2.67. The highest BCUT2D eigenvalue weighted by Crippen LogP contribution is 2.75. The van der Waals surface area contributed by atoms with E-state index in [1.165, 1.54) is 5.57 Å². The Morgan fingerprint density at radius 1 is 0.891 bits per heavy atom. The summed E-state index contributed by atoms with van der Waals surface area (Å²) in [6, 6.07) is 0. The third-order valence-corrected chi connectivity index (χ3v) is 15.2. The van der Waals surface area contributed by atoms with E-state index in [1.807, 2.05) is 0 Å². The maximum Gasteiger partial charge on any atom is 0.340 e. The number of rotatable bonds is 4. The molecule has 12 atom stereocenters. The lowest BCUT2D eigenvalue weighted by atomic mass is 9.33. The topological polar surface area (TPSA) is 130 Å². The number of Topliss-reactive ketones (excluding diaryl/α,β-unsaturated/α-hetero) is 2. The molecule has 0 radical (unpaired) electrons. The van der Waals surface area contributed by atoms with Gasteiger partial charge in [-0.3, -0.25) is 9.59 Å². The second-order valence-corrected chi connectivity index (χ2v) is 17.9. The van der Waals surface area contributed by atoms with E-state index in [1.54, 1.807) is 0 Å². The Morgan fingerprint density at radius 2 is 1.54 bits per heavy atom. The molecule has 0 bridgehead atoms. The number of halogens is 1. The number of hydrogen-bond acceptors (Lipinski definition) is 8. The van der Waals surface area contributed by atoms with Crippen molar-refractivity contribution in [2.45, 2.75) is 143 Å². The molecule has 8 nitrogen and oxygen atoms in total. The minimum atomic E-state index is -1.86. The van der Waals surface area contributed by atoms with Gasteiger partial charge in [-0.05, 0) is 97.2 Å². The molecule has 0 aromatic carbocycles. The average molecular weight is 647 g/mol. The highest BCUT2D eigenvalue weighted by atomic mass is 19.1. The van der Waals surface area contributed by atoms with Crippen molar-refractivity contribution in [1.82, 2.24) is 0 Å². The molecule has 258 valence electrons. The minimum Gasteiger partial charge on any atom is -0.432 e. The van der Waals surface area contributed by atoms with Gasteiger partial charge in [-0.25, -0.2) is 9.18 Å². The molecular formula is C37H55FO8. The number of fused-ring (bicyclic) bond motifs is 7. The number of ketones is 2. The van der Waals surface area contributed by atoms with Crippen molar-refractivity contribution in [3.8, 4) is 0 Å². The van der Waals surface area contributed by atoms with E-state index in [4.69, 9.17) is 4.74 Å². The maximum atomic E-state index is 14.8. The van der Waals surface area contributed by atoms with Crippen LogP contribution in [-0.4, -0.2) is 70.2 Å². The first-order chi connectivity index (χ1) is 21.3. The number of esters is 1. The van der Waals surface area contributed by atoms with Gasteiger partial charge in [0.2, 0.25) is 6.86 Å². The molecule has 5 fully saturated rings. The number of ether oxygens (including phenoxy) is 2. The smallest absolute Gasteiger partial charge is 0.340 e. The fourth-order valence-corrected chi connectivity index (χ4v) is 12.2. The van der Waals surface area contributed by atoms with Crippen LogP contribution in [0.15, 0.2) is 11.6 Å². The van der Waals surface area contributed by atoms with Gasteiger partial charge in [0.25, 0.3) is 0 Å². The molecule has 0 amide bonds. The van der Waals surface area contributed by atoms with Gasteiger partial charge in [-0.15, -0.1) is 0 Å². The van der Waals surface area contributed by atoms with Gasteiger partial charge in [-0.2, -0.15) is 0 Å². The van der Waals surface area contributed by atoms with Crippen LogP contribution in [0.3, 0.4) is 0 Å². The van der Waals surface area contributed by atoms with E-state index in [2.05, 4.69) is 59.3 Å². The third kappa shape index (κ3) is 4.53. The first-order valence-corrected chi connectivity index (χ1v) is 17.5. The fourth-order valence-electron chi connectivity index (χ4n) is 12.2. The summed E-state index contributed by atoms with van der Waals surface area (Å²) in [5.74, 6) is -0.581. The van der Waals surface area contributed by atoms with Crippen LogP contribution in [0.4, 0.5) is 4.39 Å². The van der Waals surface area contributed by atoms with Gasteiger partial charge in [0.05, 0.1) is 0 Å². The van der Waals surface area contributed by atoms with Gasteiger partial charge in [0, 0.05) is 17.3 Å². The first kappa shape index (κ1) is 34.2. The molecule has 1 aliphatic heterocycles. The largest absolute Gasteiger partial charge is 0.432 e. The average Bonchev–Trinajstić information content (AvgIpc) is 2.98. The molecule has 46 heavy (non-hydrogen) atoms. The highest BCUT2D eigenvalue weighted by Gasteiger charge is 2.70. The van der Waals surface area contributed by atoms with Gasteiger partial charge in [0.1, 0.15) is 30.2 Å². The second kappa shape index (κ2) is 10.9. The molecule has 1 saturated heterocycles. The van der Waals surface area contributed by atoms with Crippen molar-refractivity contribution < 1.29 is 43.6 Å². The fraction of sp³-hybridized carbons (Fsp3) is 0.865. The van der Waals surface area contributed by atoms with Gasteiger partial charge in [-0.1, -0.05) is 60.1 Å². The molecule has 6 rings (SSSR count). The molecule has 4 saturated carbocycles. The zero-order chi connectivity index (χ0) is 33.8. The molecule has 5 unspecified atom stereocenters. The van der Waals surface area contributed by atoms with Crippen LogP contribution in [-0.2, 0) is 23.9 Å². The SMILES string of the molecule is CC1(C)CC[C@]2(C(=O)[C@@H]3OC(C(=O)OCF)[C@@H](O)[C@H](O)C3O)CC[C@]3(C)C(=CCC4[C@@]5(C)CCC(=O)C(C)(C)C5CC[C@]43C)C2C1. The van der Waals surface area contributed by atoms with Crippen LogP contribution in [0.1, 0.15) is 113 Å². The Hall–Kier alpha value is -1.68. The zero-order valence-corrected chi connectivity index (χ0v) is 28.7. The number of carbonyl (C=O) groups excluding carboxylic acids is 3. The normalized spacial score (nSPS) is 49.4. The highest BCUT2D eigenvalue weighted by molar-refractivity contribution is 5.91. The van der Waals surface area contributed by atoms with Gasteiger partial charge in [0.15, 0.2) is 11.9 Å². The third-order valence-electron chi connectivity index (χ3n) is 15.2. The van der Waals surface area contributed by atoms with E-state index in [0.717, 1.165) is 44.9 Å². The molecule has 3 N–H and O–H groups in total. The number of allylic oxidation sites excluding steroid dienone is 2. The standard InChI is InChI=1S/C37H55FO8/c1-32(2)14-16-37(30(43)28-26(41)25(40)27(42)29(46-28)31(44)45-19-38)17-15-35(6)20(21(37)18-32)8-9-23-34(5)12-11-24(39)33(3,4)22(34)10-13-36(23,35)7/h8,21-23,25-29,40-42H,9-19H2,1-7H3/t21?,22?,23?,25-,26?,27+,28-,29?,34+,35-,36-,37+/m1/s1. The summed E-state index contributed by atoms with van der Waals surface area (Å²) in [6.45, 7) is 14.6. The second-order valence-electron chi connectivity index (χ2n) is 17.9. The van der Waals surface area contributed by atoms with Crippen LogP contribution >= 0.6 is 0 Å². The van der Waals surface area contributed by atoms with E-state index in [9.17, 15) is 34.1 Å². The van der Waals surface area contributed by atoms with Crippen LogP contribution < -0.4 is 0 Å². The maximum absolute atomic E-state index is 14.8. The summed E-state index contributed by atoms with van der Waals surface area (Å²) in [5.41, 5.74) is -0.110. The zero-order valence-electron chi connectivity index (χ0n) is 28.7. The van der Waals surface area contributed by atoms with E-state index in [-0.39, 0.29) is 38.8 Å². The quantitative estimate of drug-likeness (QED) is 0.279. The minimum absolute atomic E-state index is 0.0298. The van der Waals surface area contributed by atoms with Crippen molar-refractivity contribution in [3.63, 3.8) is 0 Å². The van der Waals surface area contributed by atoms with Crippen molar-refractivity contribution >= 4 is 17.5 Å². The predicted octanol–water partition coefficient (Wildman–Crippen LogP) is 5.25. The molecule has 0 aromatic rings. The van der Waals surface area contributed by atoms with Crippen LogP contribution in [0, 0.1) is 50.2 Å². The van der Waals surface area contributed by atoms with Crippen LogP contribution in [0.5, 0.6) is 0 Å². The van der Waals surface area contributed by atoms with Gasteiger partial charge < -0.3 is 24.8 Å². The number of alkyl halides is 1. The number of aliphatic hydroxyl groups is 3. The van der Waals surface area contributed by atoms with Crippen LogP contribution in [0.25, 0.3) is 0 Å². The van der Waals surface area contributed by atoms with Crippen LogP contribution in [0.2, 0.25) is 0 Å². The molecule has 6 aliphatic rings. The van der Waals surface area contributed by atoms with E-state index in [0.29, 0.717) is 36.9 Å². The summed E-state index contributed by atoms with van der Waals surface area (Å²) < 4.78 is 23.1. The Morgan fingerprint density at radius 3 is 2.22 bits per heavy atom. The Kier molecular flexibility index (Phi) is 8.11. The molecule has 9 heteroatoms. The summed E-state index contributed by atoms with van der Waals surface area (Å²) in [7, 11) is 0. The lowest BCUT2D eigenvalue weighted by molar-refractivity contribution is -0.234. The Bertz CT molecular complexity index is 1320. The van der Waals surface area contributed by atoms with Crippen molar-refractivity contribution in [2.75, 3.05) is 6.86 Å². The Labute approximate surface area is 272 Å². The molecular weight excluding hydrogens is 591 g/mol. The summed E-state index contributed by atoms with van der Waals surface area (Å²) in [6.07, 6.45) is 1.60. The molecule has 0 aromatic heterocycles. The summed E-state index contributed by atoms with van der Waals surface area (Å²) >= 11 is 0. The lowest BCUT2D eigenvalue weighted by Gasteiger charge is -2.70. The van der Waals surface area contributed by atoms with E-state index >= 15 is 0 Å². The Balaban J connectivity index is 1.39. The first-order valence-electron chi connectivity index (χ1n) is 17.5. The summed E-state index contributed by atoms with van der Waals surface area (Å²) in [5, 5.41) is 32.3. The van der Waals surface area contributed by atoms with Crippen molar-refractivity contribution in [3.05, 3.63) is 11.6 Å². The molecule has 5 aliphatic carbocycles.